The molecule has 1 amide bonds. The van der Waals surface area contributed by atoms with Crippen LogP contribution in [0.2, 0.25) is 0 Å². The number of ether oxygens (including phenoxy) is 1. The Morgan fingerprint density at radius 2 is 1.67 bits per heavy atom. The maximum Gasteiger partial charge on any atom is 0.262 e. The Morgan fingerprint density at radius 1 is 1.05 bits per heavy atom. The Kier molecular flexibility index (Phi) is 9.26. The second kappa shape index (κ2) is 12.4. The number of anilines is 1. The number of benzene rings is 3. The lowest BCUT2D eigenvalue weighted by molar-refractivity contribution is 0.0389. The molecule has 226 valence electrons. The van der Waals surface area contributed by atoms with E-state index in [0.29, 0.717) is 0 Å². The van der Waals surface area contributed by atoms with Gasteiger partial charge in [0.15, 0.2) is 5.75 Å². The van der Waals surface area contributed by atoms with Gasteiger partial charge in [0.05, 0.1) is 40.2 Å². The number of nitrogens with one attached hydrogen (secondary N) is 1. The van der Waals surface area contributed by atoms with Crippen molar-refractivity contribution in [3.63, 3.8) is 0 Å². The van der Waals surface area contributed by atoms with Crippen LogP contribution >= 0.6 is 0 Å². The van der Waals surface area contributed by atoms with Gasteiger partial charge in [0.1, 0.15) is 11.9 Å². The topological polar surface area (TPSA) is 133 Å². The molecule has 10 nitrogen and oxygen atoms in total. The predicted molar refractivity (Wildman–Crippen MR) is 156 cm³/mol. The van der Waals surface area contributed by atoms with E-state index in [4.69, 9.17) is 4.74 Å². The molecular weight excluding hydrogens is 585 g/mol. The van der Waals surface area contributed by atoms with E-state index < -0.39 is 49.8 Å². The summed E-state index contributed by atoms with van der Waals surface area (Å²) in [6, 6.07) is 14.6. The molecule has 0 aliphatic carbocycles. The molecule has 1 heterocycles. The summed E-state index contributed by atoms with van der Waals surface area (Å²) in [6.07, 6.45) is -0.851. The molecule has 0 aromatic heterocycles. The van der Waals surface area contributed by atoms with E-state index >= 15 is 0 Å². The lowest BCUT2D eigenvalue weighted by atomic mass is 9.99. The van der Waals surface area contributed by atoms with Gasteiger partial charge in [-0.25, -0.2) is 21.2 Å². The van der Waals surface area contributed by atoms with E-state index in [0.717, 1.165) is 22.0 Å². The zero-order valence-corrected chi connectivity index (χ0v) is 25.3. The van der Waals surface area contributed by atoms with E-state index in [2.05, 4.69) is 4.72 Å². The number of sulfonamides is 2. The number of nitrogens with zero attached hydrogens (tertiary/aromatic N) is 2. The van der Waals surface area contributed by atoms with Crippen LogP contribution < -0.4 is 9.46 Å². The minimum Gasteiger partial charge on any atom is -0.486 e. The molecule has 4 rings (SSSR count). The minimum absolute atomic E-state index is 0.00108. The monoisotopic (exact) mass is 619 g/mol. The zero-order chi connectivity index (χ0) is 30.8. The summed E-state index contributed by atoms with van der Waals surface area (Å²) in [4.78, 5) is 15.0. The average molecular weight is 620 g/mol. The van der Waals surface area contributed by atoms with E-state index in [1.807, 2.05) is 6.92 Å². The van der Waals surface area contributed by atoms with Crippen molar-refractivity contribution in [1.82, 2.24) is 9.21 Å². The summed E-state index contributed by atoms with van der Waals surface area (Å²) in [6.45, 7) is 4.92. The van der Waals surface area contributed by atoms with Crippen molar-refractivity contribution in [2.24, 2.45) is 5.92 Å². The number of hydrogen-bond acceptors (Lipinski definition) is 7. The first-order chi connectivity index (χ1) is 19.7. The number of para-hydroxylation sites is 1. The highest BCUT2D eigenvalue weighted by molar-refractivity contribution is 7.92. The van der Waals surface area contributed by atoms with Gasteiger partial charge < -0.3 is 14.7 Å². The highest BCUT2D eigenvalue weighted by atomic mass is 32.2. The standard InChI is InChI=1S/C29H34FN3O7S2/c1-19-8-12-23(13-9-19)41(36,37)31-26-7-5-6-25-28(26)40-27(20(2)16-33(29(25)35)21(3)18-34)17-32(4)42(38,39)24-14-10-22(30)11-15-24/h5-15,20-21,27,31,34H,16-18H2,1-4H3/t20-,21-,27-/m0/s1. The summed E-state index contributed by atoms with van der Waals surface area (Å²) in [5.74, 6) is -1.56. The number of hydrogen-bond donors (Lipinski definition) is 2. The quantitative estimate of drug-likeness (QED) is 0.375. The molecule has 0 saturated heterocycles. The van der Waals surface area contributed by atoms with E-state index in [1.165, 1.54) is 54.4 Å². The Bertz CT molecular complexity index is 1650. The maximum atomic E-state index is 13.7. The lowest BCUT2D eigenvalue weighted by Gasteiger charge is -2.38. The van der Waals surface area contributed by atoms with Gasteiger partial charge in [-0.1, -0.05) is 30.7 Å². The Hall–Kier alpha value is -3.52. The van der Waals surface area contributed by atoms with Crippen LogP contribution in [0.1, 0.15) is 29.8 Å². The van der Waals surface area contributed by atoms with Crippen molar-refractivity contribution >= 4 is 31.6 Å². The van der Waals surface area contributed by atoms with Gasteiger partial charge in [-0.2, -0.15) is 4.31 Å². The molecule has 3 atom stereocenters. The Balaban J connectivity index is 1.76. The fourth-order valence-corrected chi connectivity index (χ4v) is 6.85. The molecule has 0 radical (unpaired) electrons. The van der Waals surface area contributed by atoms with Crippen LogP contribution in [0.4, 0.5) is 10.1 Å². The fourth-order valence-electron chi connectivity index (χ4n) is 4.60. The van der Waals surface area contributed by atoms with Crippen LogP contribution in [0.5, 0.6) is 5.75 Å². The molecule has 3 aromatic carbocycles. The number of aryl methyl sites for hydroxylation is 1. The number of halogens is 1. The number of carbonyl (C=O) groups excluding carboxylic acids is 1. The van der Waals surface area contributed by atoms with E-state index in [9.17, 15) is 31.1 Å². The first-order valence-electron chi connectivity index (χ1n) is 13.3. The third kappa shape index (κ3) is 6.59. The van der Waals surface area contributed by atoms with Crippen molar-refractivity contribution in [3.05, 3.63) is 83.7 Å². The fraction of sp³-hybridized carbons (Fsp3) is 0.345. The lowest BCUT2D eigenvalue weighted by Crippen LogP contribution is -2.50. The second-order valence-corrected chi connectivity index (χ2v) is 14.2. The van der Waals surface area contributed by atoms with Crippen molar-refractivity contribution < 1.29 is 35.9 Å². The summed E-state index contributed by atoms with van der Waals surface area (Å²) in [5, 5.41) is 9.89. The maximum absolute atomic E-state index is 13.7. The number of rotatable bonds is 9. The number of carbonyl (C=O) groups is 1. The number of likely N-dealkylation sites (N-methyl/N-ethyl adjacent to an activating group) is 1. The highest BCUT2D eigenvalue weighted by Gasteiger charge is 2.36. The Morgan fingerprint density at radius 3 is 2.29 bits per heavy atom. The molecule has 1 aliphatic heterocycles. The number of fused-ring (bicyclic) bond motifs is 1. The first-order valence-corrected chi connectivity index (χ1v) is 16.2. The molecule has 0 fully saturated rings. The van der Waals surface area contributed by atoms with Gasteiger partial charge in [0, 0.05) is 19.5 Å². The van der Waals surface area contributed by atoms with Gasteiger partial charge in [-0.05, 0) is 62.4 Å². The third-order valence-electron chi connectivity index (χ3n) is 7.23. The summed E-state index contributed by atoms with van der Waals surface area (Å²) < 4.78 is 76.5. The minimum atomic E-state index is -4.09. The van der Waals surface area contributed by atoms with E-state index in [-0.39, 0.29) is 46.5 Å². The summed E-state index contributed by atoms with van der Waals surface area (Å²) in [7, 11) is -6.77. The van der Waals surface area contributed by atoms with Crippen molar-refractivity contribution in [2.75, 3.05) is 31.5 Å². The molecule has 0 unspecified atom stereocenters. The van der Waals surface area contributed by atoms with Gasteiger partial charge in [0.25, 0.3) is 15.9 Å². The SMILES string of the molecule is Cc1ccc(S(=O)(=O)Nc2cccc3c2O[C@@H](CN(C)S(=O)(=O)c2ccc(F)cc2)[C@@H](C)CN([C@@H](C)CO)C3=O)cc1. The van der Waals surface area contributed by atoms with E-state index in [1.54, 1.807) is 26.0 Å². The first kappa shape index (κ1) is 31.4. The third-order valence-corrected chi connectivity index (χ3v) is 10.4. The van der Waals surface area contributed by atoms with Crippen LogP contribution in [0.25, 0.3) is 0 Å². The predicted octanol–water partition coefficient (Wildman–Crippen LogP) is 3.48. The van der Waals surface area contributed by atoms with Gasteiger partial charge in [-0.15, -0.1) is 0 Å². The van der Waals surface area contributed by atoms with Gasteiger partial charge in [0.2, 0.25) is 10.0 Å². The molecule has 13 heteroatoms. The van der Waals surface area contributed by atoms with Gasteiger partial charge in [-0.3, -0.25) is 9.52 Å². The molecule has 0 saturated carbocycles. The zero-order valence-electron chi connectivity index (χ0n) is 23.7. The molecule has 0 bridgehead atoms. The van der Waals surface area contributed by atoms with Crippen molar-refractivity contribution in [3.8, 4) is 5.75 Å². The summed E-state index contributed by atoms with van der Waals surface area (Å²) >= 11 is 0. The molecule has 42 heavy (non-hydrogen) atoms. The highest BCUT2D eigenvalue weighted by Crippen LogP contribution is 2.36. The molecule has 1 aliphatic rings. The number of aliphatic hydroxyl groups excluding tert-OH is 1. The number of amides is 1. The van der Waals surface area contributed by atoms with Crippen LogP contribution in [0, 0.1) is 18.7 Å². The second-order valence-electron chi connectivity index (χ2n) is 10.5. The van der Waals surface area contributed by atoms with Crippen LogP contribution in [-0.2, 0) is 20.0 Å². The Labute approximate surface area is 245 Å². The molecular formula is C29H34FN3O7S2. The molecule has 3 aromatic rings. The summed E-state index contributed by atoms with van der Waals surface area (Å²) in [5.41, 5.74) is 0.934. The molecule has 0 spiro atoms. The number of aliphatic hydroxyl groups is 1. The van der Waals surface area contributed by atoms with Crippen molar-refractivity contribution in [1.29, 1.82) is 0 Å². The molecule has 2 N–H and O–H groups in total. The van der Waals surface area contributed by atoms with Crippen LogP contribution in [0.3, 0.4) is 0 Å². The average Bonchev–Trinajstić information content (AvgIpc) is 2.95. The van der Waals surface area contributed by atoms with Gasteiger partial charge >= 0.3 is 0 Å². The normalized spacial score (nSPS) is 18.5. The van der Waals surface area contributed by atoms with Crippen molar-refractivity contribution in [2.45, 2.75) is 42.7 Å². The largest absolute Gasteiger partial charge is 0.486 e. The van der Waals surface area contributed by atoms with Crippen LogP contribution in [-0.4, -0.2) is 75.9 Å². The van der Waals surface area contributed by atoms with Crippen LogP contribution in [0.15, 0.2) is 76.5 Å². The smallest absolute Gasteiger partial charge is 0.262 e.